The maximum absolute atomic E-state index is 10.1. The van der Waals surface area contributed by atoms with Crippen molar-refractivity contribution in [3.8, 4) is 0 Å². The number of aromatic nitrogens is 2. The van der Waals surface area contributed by atoms with Gasteiger partial charge in [0.25, 0.3) is 0 Å². The first kappa shape index (κ1) is 16.6. The van der Waals surface area contributed by atoms with Crippen LogP contribution < -0.4 is 0 Å². The van der Waals surface area contributed by atoms with E-state index in [-0.39, 0.29) is 0 Å². The highest BCUT2D eigenvalue weighted by molar-refractivity contribution is 7.09. The summed E-state index contributed by atoms with van der Waals surface area (Å²) < 4.78 is 7.47. The molecule has 0 bridgehead atoms. The summed E-state index contributed by atoms with van der Waals surface area (Å²) in [7, 11) is 1.96. The molecule has 3 heterocycles. The molecule has 3 rings (SSSR count). The van der Waals surface area contributed by atoms with E-state index in [1.807, 2.05) is 29.4 Å². The Morgan fingerprint density at radius 3 is 2.91 bits per heavy atom. The van der Waals surface area contributed by atoms with Gasteiger partial charge in [0.1, 0.15) is 0 Å². The van der Waals surface area contributed by atoms with Crippen LogP contribution in [0.15, 0.2) is 29.9 Å². The average Bonchev–Trinajstić information content (AvgIpc) is 3.20. The quantitative estimate of drug-likeness (QED) is 0.843. The van der Waals surface area contributed by atoms with Gasteiger partial charge in [0, 0.05) is 24.7 Å². The van der Waals surface area contributed by atoms with Crippen molar-refractivity contribution >= 4 is 11.3 Å². The van der Waals surface area contributed by atoms with Crippen molar-refractivity contribution in [1.29, 1.82) is 0 Å². The maximum Gasteiger partial charge on any atom is 0.0900 e. The van der Waals surface area contributed by atoms with Gasteiger partial charge < -0.3 is 14.7 Å². The molecule has 1 aliphatic rings. The Balaban J connectivity index is 1.35. The van der Waals surface area contributed by atoms with Crippen LogP contribution in [0.2, 0.25) is 0 Å². The van der Waals surface area contributed by atoms with Crippen molar-refractivity contribution in [2.24, 2.45) is 7.05 Å². The van der Waals surface area contributed by atoms with Gasteiger partial charge in [-0.2, -0.15) is 5.10 Å². The molecule has 0 aliphatic carbocycles. The number of likely N-dealkylation sites (tertiary alicyclic amines) is 1. The zero-order valence-electron chi connectivity index (χ0n) is 13.6. The minimum atomic E-state index is -0.412. The van der Waals surface area contributed by atoms with E-state index < -0.39 is 6.10 Å². The largest absolute Gasteiger partial charge is 0.389 e. The molecule has 2 aromatic heterocycles. The highest BCUT2D eigenvalue weighted by Crippen LogP contribution is 2.27. The van der Waals surface area contributed by atoms with Crippen LogP contribution in [-0.4, -0.2) is 52.1 Å². The van der Waals surface area contributed by atoms with Crippen molar-refractivity contribution in [1.82, 2.24) is 14.7 Å². The van der Waals surface area contributed by atoms with E-state index in [1.165, 1.54) is 10.4 Å². The maximum atomic E-state index is 10.1. The summed E-state index contributed by atoms with van der Waals surface area (Å²) in [6, 6.07) is 4.08. The fraction of sp³-hybridized carbons (Fsp3) is 0.588. The van der Waals surface area contributed by atoms with E-state index in [0.717, 1.165) is 25.9 Å². The van der Waals surface area contributed by atoms with Gasteiger partial charge in [-0.1, -0.05) is 6.07 Å². The Bertz CT molecular complexity index is 576. The third kappa shape index (κ3) is 4.88. The summed E-state index contributed by atoms with van der Waals surface area (Å²) in [5.74, 6) is 0.604. The lowest BCUT2D eigenvalue weighted by atomic mass is 9.91. The highest BCUT2D eigenvalue weighted by Gasteiger charge is 2.23. The molecular formula is C17H25N3O2S. The zero-order valence-corrected chi connectivity index (χ0v) is 14.4. The molecule has 0 unspecified atom stereocenters. The van der Waals surface area contributed by atoms with Crippen molar-refractivity contribution < 1.29 is 9.84 Å². The predicted molar refractivity (Wildman–Crippen MR) is 91.6 cm³/mol. The second-order valence-corrected chi connectivity index (χ2v) is 7.30. The summed E-state index contributed by atoms with van der Waals surface area (Å²) in [5.41, 5.74) is 1.34. The number of hydrogen-bond donors (Lipinski definition) is 1. The van der Waals surface area contributed by atoms with Gasteiger partial charge in [-0.15, -0.1) is 11.3 Å². The van der Waals surface area contributed by atoms with E-state index in [2.05, 4.69) is 22.3 Å². The van der Waals surface area contributed by atoms with Crippen molar-refractivity contribution in [3.63, 3.8) is 0 Å². The minimum absolute atomic E-state index is 0.403. The Kier molecular flexibility index (Phi) is 5.83. The van der Waals surface area contributed by atoms with Crippen LogP contribution in [0.4, 0.5) is 0 Å². The van der Waals surface area contributed by atoms with Gasteiger partial charge in [0.15, 0.2) is 0 Å². The van der Waals surface area contributed by atoms with Crippen LogP contribution in [0, 0.1) is 0 Å². The summed E-state index contributed by atoms with van der Waals surface area (Å²) in [6.45, 7) is 3.76. The fourth-order valence-corrected chi connectivity index (χ4v) is 3.78. The van der Waals surface area contributed by atoms with E-state index >= 15 is 0 Å². The second-order valence-electron chi connectivity index (χ2n) is 6.27. The molecule has 2 aromatic rings. The van der Waals surface area contributed by atoms with Gasteiger partial charge in [-0.05, 0) is 48.9 Å². The van der Waals surface area contributed by atoms with Gasteiger partial charge in [0.2, 0.25) is 0 Å². The SMILES string of the molecule is Cn1cc(C2CCN(C[C@@H](O)COCc3cccs3)CC2)cn1. The second kappa shape index (κ2) is 8.06. The highest BCUT2D eigenvalue weighted by atomic mass is 32.1. The third-order valence-electron chi connectivity index (χ3n) is 4.39. The van der Waals surface area contributed by atoms with E-state index in [9.17, 15) is 5.11 Å². The standard InChI is InChI=1S/C17H25N3O2S/c1-19-10-15(9-18-19)14-4-6-20(7-5-14)11-16(21)12-22-13-17-3-2-8-23-17/h2-3,8-10,14,16,21H,4-7,11-13H2,1H3/t16-/m1/s1. The van der Waals surface area contributed by atoms with Gasteiger partial charge in [-0.25, -0.2) is 0 Å². The Hall–Kier alpha value is -1.21. The first-order valence-electron chi connectivity index (χ1n) is 8.20. The van der Waals surface area contributed by atoms with E-state index in [1.54, 1.807) is 11.3 Å². The smallest absolute Gasteiger partial charge is 0.0900 e. The summed E-state index contributed by atoms with van der Waals surface area (Å²) in [4.78, 5) is 3.54. The molecule has 0 amide bonds. The number of ether oxygens (including phenoxy) is 1. The number of thiophene rings is 1. The summed E-state index contributed by atoms with van der Waals surface area (Å²) in [6.07, 6.45) is 5.95. The van der Waals surface area contributed by atoms with Gasteiger partial charge >= 0.3 is 0 Å². The molecule has 1 fully saturated rings. The van der Waals surface area contributed by atoms with Crippen LogP contribution >= 0.6 is 11.3 Å². The van der Waals surface area contributed by atoms with Gasteiger partial charge in [-0.3, -0.25) is 4.68 Å². The Labute approximate surface area is 141 Å². The number of nitrogens with zero attached hydrogens (tertiary/aromatic N) is 3. The molecular weight excluding hydrogens is 310 g/mol. The molecule has 126 valence electrons. The van der Waals surface area contributed by atoms with Crippen LogP contribution in [0.1, 0.15) is 29.2 Å². The molecule has 23 heavy (non-hydrogen) atoms. The third-order valence-corrected chi connectivity index (χ3v) is 5.24. The van der Waals surface area contributed by atoms with E-state index in [4.69, 9.17) is 4.74 Å². The number of hydrogen-bond acceptors (Lipinski definition) is 5. The van der Waals surface area contributed by atoms with Crippen molar-refractivity contribution in [2.75, 3.05) is 26.2 Å². The number of piperidine rings is 1. The van der Waals surface area contributed by atoms with Crippen LogP contribution in [0.3, 0.4) is 0 Å². The van der Waals surface area contributed by atoms with Crippen LogP contribution in [0.25, 0.3) is 0 Å². The van der Waals surface area contributed by atoms with Crippen molar-refractivity contribution in [3.05, 3.63) is 40.3 Å². The number of aliphatic hydroxyl groups is 1. The topological polar surface area (TPSA) is 50.5 Å². The van der Waals surface area contributed by atoms with E-state index in [0.29, 0.717) is 25.7 Å². The fourth-order valence-electron chi connectivity index (χ4n) is 3.14. The lowest BCUT2D eigenvalue weighted by Crippen LogP contribution is -2.39. The summed E-state index contributed by atoms with van der Waals surface area (Å²) >= 11 is 1.69. The number of aryl methyl sites for hydroxylation is 1. The minimum Gasteiger partial charge on any atom is -0.389 e. The van der Waals surface area contributed by atoms with Crippen LogP contribution in [0.5, 0.6) is 0 Å². The molecule has 1 aliphatic heterocycles. The first-order valence-corrected chi connectivity index (χ1v) is 9.08. The lowest BCUT2D eigenvalue weighted by molar-refractivity contribution is 0.00695. The molecule has 0 radical (unpaired) electrons. The van der Waals surface area contributed by atoms with Crippen molar-refractivity contribution in [2.45, 2.75) is 31.5 Å². The predicted octanol–water partition coefficient (Wildman–Crippen LogP) is 2.24. The molecule has 1 saturated heterocycles. The molecule has 0 spiro atoms. The Morgan fingerprint density at radius 1 is 1.43 bits per heavy atom. The Morgan fingerprint density at radius 2 is 2.26 bits per heavy atom. The normalized spacial score (nSPS) is 18.3. The monoisotopic (exact) mass is 335 g/mol. The molecule has 5 nitrogen and oxygen atoms in total. The number of β-amino-alcohol motifs (C(OH)–C–C–N with tert-alkyl or cyclic N) is 1. The molecule has 6 heteroatoms. The number of rotatable bonds is 7. The number of aliphatic hydroxyl groups excluding tert-OH is 1. The molecule has 0 aromatic carbocycles. The van der Waals surface area contributed by atoms with Crippen LogP contribution in [-0.2, 0) is 18.4 Å². The molecule has 0 saturated carbocycles. The molecule has 1 N–H and O–H groups in total. The average molecular weight is 335 g/mol. The first-order chi connectivity index (χ1) is 11.2. The van der Waals surface area contributed by atoms with Gasteiger partial charge in [0.05, 0.1) is 25.5 Å². The molecule has 1 atom stereocenters. The zero-order chi connectivity index (χ0) is 16.1. The summed E-state index contributed by atoms with van der Waals surface area (Å²) in [5, 5.41) is 16.4. The lowest BCUT2D eigenvalue weighted by Gasteiger charge is -2.32.